The van der Waals surface area contributed by atoms with Crippen molar-refractivity contribution in [1.82, 2.24) is 0 Å². The zero-order valence-corrected chi connectivity index (χ0v) is 20.5. The molecule has 1 aromatic carbocycles. The molecule has 0 spiro atoms. The summed E-state index contributed by atoms with van der Waals surface area (Å²) in [6.07, 6.45) is 16.8. The Balaban J connectivity index is 0.00000676. The molecule has 5 heteroatoms. The van der Waals surface area contributed by atoms with Crippen LogP contribution in [0, 0.1) is 5.92 Å². The van der Waals surface area contributed by atoms with Gasteiger partial charge in [0.15, 0.2) is 0 Å². The van der Waals surface area contributed by atoms with Crippen LogP contribution in [0.25, 0.3) is 0 Å². The van der Waals surface area contributed by atoms with Crippen LogP contribution in [0.2, 0.25) is 0 Å². The van der Waals surface area contributed by atoms with Crippen LogP contribution in [0.4, 0.5) is 0 Å². The SMILES string of the molecule is CCCCCCCCCC(CCC)CCCc1ccc(S(=O)(=O)[O-])cc1.[Na+]. The van der Waals surface area contributed by atoms with Crippen molar-refractivity contribution in [1.29, 1.82) is 0 Å². The fourth-order valence-electron chi connectivity index (χ4n) is 3.65. The Morgan fingerprint density at radius 3 is 1.89 bits per heavy atom. The topological polar surface area (TPSA) is 57.2 Å². The number of benzene rings is 1. The van der Waals surface area contributed by atoms with E-state index in [9.17, 15) is 13.0 Å². The van der Waals surface area contributed by atoms with Crippen molar-refractivity contribution in [2.45, 2.75) is 102 Å². The van der Waals surface area contributed by atoms with Crippen LogP contribution >= 0.6 is 0 Å². The molecule has 27 heavy (non-hydrogen) atoms. The summed E-state index contributed by atoms with van der Waals surface area (Å²) in [5.41, 5.74) is 1.11. The minimum atomic E-state index is -4.33. The predicted octanol–water partition coefficient (Wildman–Crippen LogP) is 3.47. The fraction of sp³-hybridized carbons (Fsp3) is 0.727. The second kappa shape index (κ2) is 16.0. The Bertz CT molecular complexity index is 570. The summed E-state index contributed by atoms with van der Waals surface area (Å²) in [5.74, 6) is 0.817. The van der Waals surface area contributed by atoms with E-state index in [0.29, 0.717) is 0 Å². The maximum Gasteiger partial charge on any atom is 1.00 e. The van der Waals surface area contributed by atoms with Crippen molar-refractivity contribution in [3.8, 4) is 0 Å². The summed E-state index contributed by atoms with van der Waals surface area (Å²) in [4.78, 5) is -0.135. The Kier molecular flexibility index (Phi) is 16.1. The van der Waals surface area contributed by atoms with E-state index in [-0.39, 0.29) is 34.5 Å². The van der Waals surface area contributed by atoms with Gasteiger partial charge >= 0.3 is 29.6 Å². The molecule has 0 fully saturated rings. The first-order chi connectivity index (χ1) is 12.5. The first-order valence-corrected chi connectivity index (χ1v) is 11.9. The number of hydrogen-bond acceptors (Lipinski definition) is 3. The average molecular weight is 405 g/mol. The van der Waals surface area contributed by atoms with Gasteiger partial charge in [-0.2, -0.15) is 0 Å². The van der Waals surface area contributed by atoms with Crippen molar-refractivity contribution >= 4 is 10.1 Å². The molecule has 0 saturated heterocycles. The van der Waals surface area contributed by atoms with Gasteiger partial charge in [-0.25, -0.2) is 8.42 Å². The summed E-state index contributed by atoms with van der Waals surface area (Å²) < 4.78 is 32.9. The summed E-state index contributed by atoms with van der Waals surface area (Å²) in [7, 11) is -4.33. The van der Waals surface area contributed by atoms with Crippen molar-refractivity contribution in [3.05, 3.63) is 29.8 Å². The summed E-state index contributed by atoms with van der Waals surface area (Å²) in [6, 6.07) is 6.41. The summed E-state index contributed by atoms with van der Waals surface area (Å²) in [5, 5.41) is 0. The predicted molar refractivity (Wildman–Crippen MR) is 108 cm³/mol. The van der Waals surface area contributed by atoms with Gasteiger partial charge in [-0.05, 0) is 36.5 Å². The molecule has 3 nitrogen and oxygen atoms in total. The molecule has 0 aliphatic rings. The molecule has 1 aromatic rings. The Morgan fingerprint density at radius 1 is 0.778 bits per heavy atom. The van der Waals surface area contributed by atoms with E-state index in [1.807, 2.05) is 0 Å². The second-order valence-corrected chi connectivity index (χ2v) is 8.93. The van der Waals surface area contributed by atoms with E-state index in [0.717, 1.165) is 24.3 Å². The summed E-state index contributed by atoms with van der Waals surface area (Å²) >= 11 is 0. The fourth-order valence-corrected chi connectivity index (χ4v) is 4.12. The van der Waals surface area contributed by atoms with Gasteiger partial charge in [-0.1, -0.05) is 96.6 Å². The average Bonchev–Trinajstić information content (AvgIpc) is 2.60. The number of unbranched alkanes of at least 4 members (excludes halogenated alkanes) is 6. The van der Waals surface area contributed by atoms with Crippen LogP contribution in [0.15, 0.2) is 29.2 Å². The summed E-state index contributed by atoms with van der Waals surface area (Å²) in [6.45, 7) is 4.52. The Labute approximate surface area is 189 Å². The quantitative estimate of drug-likeness (QED) is 0.255. The van der Waals surface area contributed by atoms with Gasteiger partial charge in [0.05, 0.1) is 4.90 Å². The molecule has 1 atom stereocenters. The van der Waals surface area contributed by atoms with Crippen molar-refractivity contribution in [3.63, 3.8) is 0 Å². The Hall–Kier alpha value is 0.130. The zero-order chi connectivity index (χ0) is 19.3. The standard InChI is InChI=1S/C22H38O3S.Na/c1-3-5-6-7-8-9-10-13-20(12-4-2)14-11-15-21-16-18-22(19-17-21)26(23,24)25;/h16-20H,3-15H2,1-2H3,(H,23,24,25);/q;+1/p-1. The van der Waals surface area contributed by atoms with Crippen LogP contribution in [-0.4, -0.2) is 13.0 Å². The van der Waals surface area contributed by atoms with Crippen LogP contribution in [0.3, 0.4) is 0 Å². The maximum atomic E-state index is 11.0. The van der Waals surface area contributed by atoms with E-state index in [4.69, 9.17) is 0 Å². The van der Waals surface area contributed by atoms with Crippen molar-refractivity contribution in [2.75, 3.05) is 0 Å². The minimum absolute atomic E-state index is 0. The largest absolute Gasteiger partial charge is 1.00 e. The molecular weight excluding hydrogens is 367 g/mol. The smallest absolute Gasteiger partial charge is 0.744 e. The van der Waals surface area contributed by atoms with Gasteiger partial charge in [0.1, 0.15) is 10.1 Å². The van der Waals surface area contributed by atoms with E-state index in [1.165, 1.54) is 82.8 Å². The third kappa shape index (κ3) is 13.1. The normalized spacial score (nSPS) is 12.6. The van der Waals surface area contributed by atoms with Crippen molar-refractivity contribution < 1.29 is 42.5 Å². The zero-order valence-electron chi connectivity index (χ0n) is 17.7. The van der Waals surface area contributed by atoms with Crippen molar-refractivity contribution in [2.24, 2.45) is 5.92 Å². The molecule has 0 aliphatic carbocycles. The van der Waals surface area contributed by atoms with E-state index in [1.54, 1.807) is 12.1 Å². The molecule has 0 bridgehead atoms. The molecule has 0 saturated carbocycles. The van der Waals surface area contributed by atoms with Gasteiger partial charge in [0.2, 0.25) is 0 Å². The molecule has 0 N–H and O–H groups in total. The minimum Gasteiger partial charge on any atom is -0.744 e. The third-order valence-electron chi connectivity index (χ3n) is 5.20. The third-order valence-corrected chi connectivity index (χ3v) is 6.05. The molecule has 0 amide bonds. The van der Waals surface area contributed by atoms with E-state index >= 15 is 0 Å². The molecule has 0 aromatic heterocycles. The molecule has 0 aliphatic heterocycles. The number of hydrogen-bond donors (Lipinski definition) is 0. The van der Waals surface area contributed by atoms with Gasteiger partial charge in [0.25, 0.3) is 0 Å². The Morgan fingerprint density at radius 2 is 1.33 bits per heavy atom. The first kappa shape index (κ1) is 27.1. The maximum absolute atomic E-state index is 11.0. The molecule has 150 valence electrons. The van der Waals surface area contributed by atoms with Gasteiger partial charge in [-0.15, -0.1) is 0 Å². The van der Waals surface area contributed by atoms with Crippen LogP contribution in [0.1, 0.15) is 96.5 Å². The molecule has 0 radical (unpaired) electrons. The number of aryl methyl sites for hydroxylation is 1. The first-order valence-electron chi connectivity index (χ1n) is 10.5. The second-order valence-electron chi connectivity index (χ2n) is 7.55. The molecule has 1 unspecified atom stereocenters. The number of rotatable bonds is 15. The monoisotopic (exact) mass is 404 g/mol. The molecular formula is C22H37NaO3S. The van der Waals surface area contributed by atoms with Gasteiger partial charge < -0.3 is 4.55 Å². The van der Waals surface area contributed by atoms with Crippen LogP contribution in [-0.2, 0) is 16.5 Å². The van der Waals surface area contributed by atoms with E-state index < -0.39 is 10.1 Å². The van der Waals surface area contributed by atoms with Gasteiger partial charge in [-0.3, -0.25) is 0 Å². The van der Waals surface area contributed by atoms with Crippen LogP contribution < -0.4 is 29.6 Å². The van der Waals surface area contributed by atoms with E-state index in [2.05, 4.69) is 13.8 Å². The molecule has 0 heterocycles. The van der Waals surface area contributed by atoms with Gasteiger partial charge in [0, 0.05) is 0 Å². The van der Waals surface area contributed by atoms with Crippen LogP contribution in [0.5, 0.6) is 0 Å². The molecule has 1 rings (SSSR count).